The van der Waals surface area contributed by atoms with Gasteiger partial charge in [-0.3, -0.25) is 9.69 Å². The lowest BCUT2D eigenvalue weighted by molar-refractivity contribution is -0.128. The number of piperazine rings is 1. The van der Waals surface area contributed by atoms with Crippen molar-refractivity contribution in [3.05, 3.63) is 65.6 Å². The molecule has 3 aliphatic heterocycles. The van der Waals surface area contributed by atoms with Crippen LogP contribution in [-0.4, -0.2) is 83.6 Å². The number of anilines is 2. The highest BCUT2D eigenvalue weighted by Crippen LogP contribution is 2.36. The van der Waals surface area contributed by atoms with Gasteiger partial charge in [0, 0.05) is 68.0 Å². The third-order valence-electron chi connectivity index (χ3n) is 9.94. The Hall–Kier alpha value is -3.72. The first-order valence-electron chi connectivity index (χ1n) is 15.9. The SMILES string of the molecule is C=C(F)C(=O)N1CCN(c2nc(OCC3CCN3C3CCCC3)nc3c2CCN(c2cccc4cccc(C)c24)C3)CC1. The number of amides is 1. The Kier molecular flexibility index (Phi) is 7.67. The molecule has 0 spiro atoms. The number of benzene rings is 2. The maximum absolute atomic E-state index is 13.5. The predicted octanol–water partition coefficient (Wildman–Crippen LogP) is 5.03. The van der Waals surface area contributed by atoms with Crippen LogP contribution >= 0.6 is 0 Å². The lowest BCUT2D eigenvalue weighted by Crippen LogP contribution is -2.55. The number of halogens is 1. The normalized spacial score (nSPS) is 21.2. The van der Waals surface area contributed by atoms with Crippen LogP contribution in [0.25, 0.3) is 10.8 Å². The molecule has 7 rings (SSSR count). The van der Waals surface area contributed by atoms with Crippen LogP contribution in [0.4, 0.5) is 15.9 Å². The van der Waals surface area contributed by atoms with Gasteiger partial charge in [-0.15, -0.1) is 0 Å². The average molecular weight is 585 g/mol. The third kappa shape index (κ3) is 5.44. The first-order valence-corrected chi connectivity index (χ1v) is 15.9. The molecule has 8 nitrogen and oxygen atoms in total. The zero-order valence-corrected chi connectivity index (χ0v) is 25.1. The van der Waals surface area contributed by atoms with E-state index in [1.54, 1.807) is 0 Å². The number of likely N-dealkylation sites (tertiary alicyclic amines) is 1. The van der Waals surface area contributed by atoms with E-state index in [4.69, 9.17) is 14.7 Å². The molecule has 9 heteroatoms. The second-order valence-electron chi connectivity index (χ2n) is 12.5. The lowest BCUT2D eigenvalue weighted by atomic mass is 9.99. The largest absolute Gasteiger partial charge is 0.462 e. The quantitative estimate of drug-likeness (QED) is 0.361. The topological polar surface area (TPSA) is 65.0 Å². The Labute approximate surface area is 253 Å². The minimum Gasteiger partial charge on any atom is -0.462 e. The number of carbonyl (C=O) groups excluding carboxylic acids is 1. The fraction of sp³-hybridized carbons (Fsp3) is 0.500. The van der Waals surface area contributed by atoms with Gasteiger partial charge in [0.1, 0.15) is 12.4 Å². The Bertz CT molecular complexity index is 1530. The molecule has 226 valence electrons. The number of nitrogens with zero attached hydrogens (tertiary/aromatic N) is 6. The summed E-state index contributed by atoms with van der Waals surface area (Å²) in [7, 11) is 0. The van der Waals surface area contributed by atoms with Gasteiger partial charge in [-0.1, -0.05) is 49.8 Å². The van der Waals surface area contributed by atoms with E-state index < -0.39 is 11.7 Å². The van der Waals surface area contributed by atoms with Crippen molar-refractivity contribution in [3.63, 3.8) is 0 Å². The second kappa shape index (κ2) is 11.8. The highest BCUT2D eigenvalue weighted by atomic mass is 19.1. The molecule has 2 saturated heterocycles. The Balaban J connectivity index is 1.16. The third-order valence-corrected chi connectivity index (χ3v) is 9.94. The van der Waals surface area contributed by atoms with E-state index >= 15 is 0 Å². The summed E-state index contributed by atoms with van der Waals surface area (Å²) in [5.41, 5.74) is 4.63. The zero-order chi connectivity index (χ0) is 29.5. The van der Waals surface area contributed by atoms with Gasteiger partial charge in [-0.25, -0.2) is 4.39 Å². The summed E-state index contributed by atoms with van der Waals surface area (Å²) in [5.74, 6) is -0.641. The van der Waals surface area contributed by atoms with Crippen LogP contribution in [0, 0.1) is 6.92 Å². The molecule has 1 amide bonds. The molecule has 3 fully saturated rings. The number of hydrogen-bond donors (Lipinski definition) is 0. The fourth-order valence-electron chi connectivity index (χ4n) is 7.51. The Morgan fingerprint density at radius 1 is 0.977 bits per heavy atom. The molecule has 4 heterocycles. The van der Waals surface area contributed by atoms with E-state index in [0.29, 0.717) is 57.4 Å². The average Bonchev–Trinajstić information content (AvgIpc) is 3.53. The molecule has 2 aromatic carbocycles. The maximum atomic E-state index is 13.5. The molecule has 0 radical (unpaired) electrons. The van der Waals surface area contributed by atoms with E-state index in [1.807, 2.05) is 0 Å². The molecule has 1 atom stereocenters. The molecular formula is C34H41FN6O2. The van der Waals surface area contributed by atoms with E-state index in [9.17, 15) is 9.18 Å². The molecule has 1 aliphatic carbocycles. The molecule has 1 saturated carbocycles. The number of rotatable bonds is 7. The second-order valence-corrected chi connectivity index (χ2v) is 12.5. The van der Waals surface area contributed by atoms with Crippen molar-refractivity contribution in [1.82, 2.24) is 19.8 Å². The van der Waals surface area contributed by atoms with Crippen LogP contribution in [0.3, 0.4) is 0 Å². The van der Waals surface area contributed by atoms with E-state index in [0.717, 1.165) is 43.0 Å². The number of ether oxygens (including phenoxy) is 1. The number of aromatic nitrogens is 2. The van der Waals surface area contributed by atoms with Crippen LogP contribution in [-0.2, 0) is 17.8 Å². The summed E-state index contributed by atoms with van der Waals surface area (Å²) in [5, 5.41) is 2.53. The number of hydrogen-bond acceptors (Lipinski definition) is 7. The Morgan fingerprint density at radius 3 is 2.47 bits per heavy atom. The monoisotopic (exact) mass is 584 g/mol. The predicted molar refractivity (Wildman–Crippen MR) is 167 cm³/mol. The van der Waals surface area contributed by atoms with Crippen molar-refractivity contribution >= 4 is 28.2 Å². The first kappa shape index (κ1) is 28.1. The standard InChI is InChI=1S/C34H41FN6O2/c1-23-7-5-8-25-9-6-12-30(31(23)25)40-15-14-28-29(21-40)36-34(43-22-27-13-16-41(27)26-10-3-4-11-26)37-32(28)38-17-19-39(20-18-38)33(42)24(2)35/h5-9,12,26-27H,2-4,10-11,13-22H2,1H3. The number of fused-ring (bicyclic) bond motifs is 2. The first-order chi connectivity index (χ1) is 21.0. The smallest absolute Gasteiger partial charge is 0.318 e. The minimum atomic E-state index is -0.907. The lowest BCUT2D eigenvalue weighted by Gasteiger charge is -2.44. The molecule has 1 aromatic heterocycles. The minimum absolute atomic E-state index is 0.421. The molecular weight excluding hydrogens is 543 g/mol. The van der Waals surface area contributed by atoms with E-state index in [-0.39, 0.29) is 0 Å². The van der Waals surface area contributed by atoms with Crippen molar-refractivity contribution in [2.75, 3.05) is 55.7 Å². The summed E-state index contributed by atoms with van der Waals surface area (Å²) < 4.78 is 19.9. The molecule has 4 aliphatic rings. The Morgan fingerprint density at radius 2 is 1.74 bits per heavy atom. The summed E-state index contributed by atoms with van der Waals surface area (Å²) in [6, 6.07) is 14.5. The van der Waals surface area contributed by atoms with Crippen LogP contribution in [0.15, 0.2) is 48.8 Å². The summed E-state index contributed by atoms with van der Waals surface area (Å²) in [4.78, 5) is 31.0. The van der Waals surface area contributed by atoms with Gasteiger partial charge < -0.3 is 19.4 Å². The number of aryl methyl sites for hydroxylation is 1. The van der Waals surface area contributed by atoms with Gasteiger partial charge >= 0.3 is 6.01 Å². The fourth-order valence-corrected chi connectivity index (χ4v) is 7.51. The highest BCUT2D eigenvalue weighted by molar-refractivity contribution is 5.97. The van der Waals surface area contributed by atoms with Gasteiger partial charge in [-0.05, 0) is 49.6 Å². The summed E-state index contributed by atoms with van der Waals surface area (Å²) in [6.45, 7) is 10.7. The van der Waals surface area contributed by atoms with Gasteiger partial charge in [0.15, 0.2) is 5.83 Å². The van der Waals surface area contributed by atoms with Crippen molar-refractivity contribution in [1.29, 1.82) is 0 Å². The van der Waals surface area contributed by atoms with E-state index in [1.165, 1.54) is 52.6 Å². The van der Waals surface area contributed by atoms with E-state index in [2.05, 4.69) is 64.6 Å². The van der Waals surface area contributed by atoms with Crippen molar-refractivity contribution in [2.45, 2.75) is 64.1 Å². The summed E-state index contributed by atoms with van der Waals surface area (Å²) >= 11 is 0. The molecule has 0 N–H and O–H groups in total. The zero-order valence-electron chi connectivity index (χ0n) is 25.1. The van der Waals surface area contributed by atoms with Crippen molar-refractivity contribution < 1.29 is 13.9 Å². The van der Waals surface area contributed by atoms with Crippen LogP contribution in [0.5, 0.6) is 6.01 Å². The van der Waals surface area contributed by atoms with Crippen LogP contribution < -0.4 is 14.5 Å². The molecule has 3 aromatic rings. The number of carbonyl (C=O) groups is 1. The maximum Gasteiger partial charge on any atom is 0.318 e. The highest BCUT2D eigenvalue weighted by Gasteiger charge is 2.36. The summed E-state index contributed by atoms with van der Waals surface area (Å²) in [6.07, 6.45) is 7.21. The van der Waals surface area contributed by atoms with Crippen molar-refractivity contribution in [2.24, 2.45) is 0 Å². The molecule has 1 unspecified atom stereocenters. The van der Waals surface area contributed by atoms with Crippen LogP contribution in [0.2, 0.25) is 0 Å². The van der Waals surface area contributed by atoms with Gasteiger partial charge in [-0.2, -0.15) is 9.97 Å². The van der Waals surface area contributed by atoms with Gasteiger partial charge in [0.05, 0.1) is 12.2 Å². The van der Waals surface area contributed by atoms with Gasteiger partial charge in [0.2, 0.25) is 0 Å². The molecule has 43 heavy (non-hydrogen) atoms. The van der Waals surface area contributed by atoms with Crippen molar-refractivity contribution in [3.8, 4) is 6.01 Å². The van der Waals surface area contributed by atoms with Crippen LogP contribution in [0.1, 0.15) is 48.9 Å². The molecule has 0 bridgehead atoms. The van der Waals surface area contributed by atoms with Gasteiger partial charge in [0.25, 0.3) is 5.91 Å².